The molecule has 0 saturated carbocycles. The Kier molecular flexibility index (Phi) is 16.1. The van der Waals surface area contributed by atoms with Crippen molar-refractivity contribution in [2.75, 3.05) is 13.2 Å². The molecule has 5 heteroatoms. The molecule has 0 saturated heterocycles. The second-order valence-corrected chi connectivity index (χ2v) is 15.1. The highest BCUT2D eigenvalue weighted by molar-refractivity contribution is 6.78. The van der Waals surface area contributed by atoms with Gasteiger partial charge in [0.05, 0.1) is 6.61 Å². The molecular weight excluding hydrogens is 356 g/mol. The molecule has 0 aromatic heterocycles. The molecule has 156 valence electrons. The summed E-state index contributed by atoms with van der Waals surface area (Å²) >= 11 is 0. The zero-order chi connectivity index (χ0) is 19.7. The van der Waals surface area contributed by atoms with Gasteiger partial charge in [-0.15, -0.1) is 0 Å². The molecule has 0 amide bonds. The smallest absolute Gasteiger partial charge is 0.323 e. The van der Waals surface area contributed by atoms with Gasteiger partial charge in [-0.05, 0) is 45.5 Å². The lowest BCUT2D eigenvalue weighted by molar-refractivity contribution is 0.203. The van der Waals surface area contributed by atoms with E-state index in [1.54, 1.807) is 0 Å². The molecule has 26 heavy (non-hydrogen) atoms. The predicted molar refractivity (Wildman–Crippen MR) is 119 cm³/mol. The first-order chi connectivity index (χ1) is 12.3. The SMILES string of the molecule is CCCCCCCC/C=C/CO[Si](C)(C)O[Si](C)(C)OCCCCCC. The van der Waals surface area contributed by atoms with Gasteiger partial charge < -0.3 is 13.0 Å². The Balaban J connectivity index is 3.82. The summed E-state index contributed by atoms with van der Waals surface area (Å²) in [4.78, 5) is 0. The molecular formula is C21H46O3Si2. The standard InChI is InChI=1S/C21H46O3Si2/c1-7-9-11-13-14-15-16-17-19-21-23-26(5,6)24-25(3,4)22-20-18-12-10-8-2/h17,19H,7-16,18,20-21H2,1-6H3/b19-17+. The summed E-state index contributed by atoms with van der Waals surface area (Å²) in [6.45, 7) is 14.5. The van der Waals surface area contributed by atoms with Crippen LogP contribution in [-0.4, -0.2) is 30.3 Å². The minimum atomic E-state index is -2.12. The van der Waals surface area contributed by atoms with Crippen LogP contribution in [0.3, 0.4) is 0 Å². The molecule has 0 rings (SSSR count). The van der Waals surface area contributed by atoms with Gasteiger partial charge in [-0.25, -0.2) is 0 Å². The molecule has 3 nitrogen and oxygen atoms in total. The van der Waals surface area contributed by atoms with Crippen molar-refractivity contribution < 1.29 is 13.0 Å². The Labute approximate surface area is 166 Å². The van der Waals surface area contributed by atoms with E-state index in [0.29, 0.717) is 6.61 Å². The van der Waals surface area contributed by atoms with Crippen molar-refractivity contribution in [1.82, 2.24) is 0 Å². The Morgan fingerprint density at radius 3 is 1.81 bits per heavy atom. The van der Waals surface area contributed by atoms with E-state index in [1.165, 1.54) is 64.2 Å². The van der Waals surface area contributed by atoms with Crippen molar-refractivity contribution >= 4 is 17.1 Å². The van der Waals surface area contributed by atoms with Crippen LogP contribution in [-0.2, 0) is 13.0 Å². The van der Waals surface area contributed by atoms with E-state index >= 15 is 0 Å². The monoisotopic (exact) mass is 402 g/mol. The molecule has 0 radical (unpaired) electrons. The van der Waals surface area contributed by atoms with E-state index < -0.39 is 17.1 Å². The highest BCUT2D eigenvalue weighted by atomic mass is 28.5. The molecule has 0 atom stereocenters. The third kappa shape index (κ3) is 17.5. The average molecular weight is 403 g/mol. The lowest BCUT2D eigenvalue weighted by Crippen LogP contribution is -2.48. The quantitative estimate of drug-likeness (QED) is 0.136. The van der Waals surface area contributed by atoms with E-state index in [2.05, 4.69) is 52.2 Å². The summed E-state index contributed by atoms with van der Waals surface area (Å²) in [6, 6.07) is 0. The molecule has 0 heterocycles. The van der Waals surface area contributed by atoms with Crippen LogP contribution in [0.25, 0.3) is 0 Å². The van der Waals surface area contributed by atoms with Gasteiger partial charge in [0.25, 0.3) is 0 Å². The first-order valence-electron chi connectivity index (χ1n) is 11.0. The molecule has 0 aromatic rings. The second kappa shape index (κ2) is 16.0. The third-order valence-corrected chi connectivity index (χ3v) is 10.1. The van der Waals surface area contributed by atoms with Gasteiger partial charge in [-0.1, -0.05) is 77.4 Å². The Hall–Kier alpha value is 0.0538. The molecule has 0 bridgehead atoms. The van der Waals surface area contributed by atoms with E-state index in [0.717, 1.165) is 13.0 Å². The van der Waals surface area contributed by atoms with Crippen molar-refractivity contribution in [3.63, 3.8) is 0 Å². The van der Waals surface area contributed by atoms with Gasteiger partial charge >= 0.3 is 17.1 Å². The van der Waals surface area contributed by atoms with E-state index in [4.69, 9.17) is 13.0 Å². The van der Waals surface area contributed by atoms with Crippen LogP contribution in [0, 0.1) is 0 Å². The molecule has 0 aromatic carbocycles. The first kappa shape index (κ1) is 26.1. The molecule has 0 aliphatic heterocycles. The van der Waals surface area contributed by atoms with Gasteiger partial charge in [-0.2, -0.15) is 0 Å². The van der Waals surface area contributed by atoms with Crippen LogP contribution in [0.4, 0.5) is 0 Å². The fourth-order valence-electron chi connectivity index (χ4n) is 2.97. The minimum absolute atomic E-state index is 0.663. The largest absolute Gasteiger partial charge is 0.415 e. The molecule has 0 spiro atoms. The summed E-state index contributed by atoms with van der Waals surface area (Å²) in [5, 5.41) is 0. The molecule has 0 unspecified atom stereocenters. The Bertz CT molecular complexity index is 344. The fraction of sp³-hybridized carbons (Fsp3) is 0.905. The van der Waals surface area contributed by atoms with Gasteiger partial charge in [-0.3, -0.25) is 0 Å². The number of rotatable bonds is 18. The van der Waals surface area contributed by atoms with Crippen LogP contribution >= 0.6 is 0 Å². The van der Waals surface area contributed by atoms with Crippen molar-refractivity contribution in [3.05, 3.63) is 12.2 Å². The van der Waals surface area contributed by atoms with E-state index in [9.17, 15) is 0 Å². The van der Waals surface area contributed by atoms with Gasteiger partial charge in [0.2, 0.25) is 0 Å². The zero-order valence-electron chi connectivity index (χ0n) is 18.6. The summed E-state index contributed by atoms with van der Waals surface area (Å²) in [5.41, 5.74) is 0. The number of allylic oxidation sites excluding steroid dienone is 1. The maximum absolute atomic E-state index is 6.31. The summed E-state index contributed by atoms with van der Waals surface area (Å²) < 4.78 is 18.4. The van der Waals surface area contributed by atoms with Crippen molar-refractivity contribution in [2.45, 2.75) is 111 Å². The van der Waals surface area contributed by atoms with E-state index in [1.807, 2.05) is 0 Å². The van der Waals surface area contributed by atoms with Crippen LogP contribution < -0.4 is 0 Å². The minimum Gasteiger partial charge on any atom is -0.415 e. The molecule has 0 N–H and O–H groups in total. The van der Waals surface area contributed by atoms with Gasteiger partial charge in [0.15, 0.2) is 0 Å². The van der Waals surface area contributed by atoms with Gasteiger partial charge in [0.1, 0.15) is 0 Å². The first-order valence-corrected chi connectivity index (χ1v) is 16.6. The lowest BCUT2D eigenvalue weighted by Gasteiger charge is -2.32. The summed E-state index contributed by atoms with van der Waals surface area (Å²) in [7, 11) is -4.20. The molecule has 0 fully saturated rings. The third-order valence-electron chi connectivity index (χ3n) is 4.36. The van der Waals surface area contributed by atoms with Crippen LogP contribution in [0.2, 0.25) is 26.2 Å². The number of unbranched alkanes of at least 4 members (excludes halogenated alkanes) is 9. The highest BCUT2D eigenvalue weighted by Gasteiger charge is 2.36. The van der Waals surface area contributed by atoms with Crippen molar-refractivity contribution in [2.24, 2.45) is 0 Å². The number of hydrogen-bond acceptors (Lipinski definition) is 3. The number of hydrogen-bond donors (Lipinski definition) is 0. The molecule has 0 aliphatic carbocycles. The lowest BCUT2D eigenvalue weighted by atomic mass is 10.1. The van der Waals surface area contributed by atoms with Crippen LogP contribution in [0.5, 0.6) is 0 Å². The Morgan fingerprint density at radius 2 is 1.15 bits per heavy atom. The van der Waals surface area contributed by atoms with Crippen LogP contribution in [0.15, 0.2) is 12.2 Å². The molecule has 0 aliphatic rings. The summed E-state index contributed by atoms with van der Waals surface area (Å²) in [6.07, 6.45) is 18.6. The average Bonchev–Trinajstić information content (AvgIpc) is 2.55. The van der Waals surface area contributed by atoms with Crippen molar-refractivity contribution in [3.8, 4) is 0 Å². The zero-order valence-corrected chi connectivity index (χ0v) is 20.6. The normalized spacial score (nSPS) is 13.0. The van der Waals surface area contributed by atoms with Crippen LogP contribution in [0.1, 0.15) is 84.5 Å². The highest BCUT2D eigenvalue weighted by Crippen LogP contribution is 2.17. The van der Waals surface area contributed by atoms with Gasteiger partial charge in [0, 0.05) is 6.61 Å². The fourth-order valence-corrected chi connectivity index (χ4v) is 9.32. The Morgan fingerprint density at radius 1 is 0.615 bits per heavy atom. The van der Waals surface area contributed by atoms with E-state index in [-0.39, 0.29) is 0 Å². The predicted octanol–water partition coefficient (Wildman–Crippen LogP) is 7.33. The van der Waals surface area contributed by atoms with Crippen molar-refractivity contribution in [1.29, 1.82) is 0 Å². The summed E-state index contributed by atoms with van der Waals surface area (Å²) in [5.74, 6) is 0. The maximum Gasteiger partial charge on any atom is 0.323 e. The maximum atomic E-state index is 6.31. The topological polar surface area (TPSA) is 27.7 Å². The second-order valence-electron chi connectivity index (χ2n) is 8.15.